The number of hydrogen-bond donors (Lipinski definition) is 3. The molecule has 0 aliphatic rings. The Morgan fingerprint density at radius 1 is 0.321 bits per heavy atom. The van der Waals surface area contributed by atoms with Crippen LogP contribution in [0, 0.1) is 11.8 Å². The van der Waals surface area contributed by atoms with E-state index in [-0.39, 0.29) is 25.7 Å². The Morgan fingerprint density at radius 2 is 0.548 bits per heavy atom. The zero-order chi connectivity index (χ0) is 62.2. The molecule has 2 unspecified atom stereocenters. The fraction of sp³-hybridized carbons (Fsp3) is 0.938. The quantitative estimate of drug-likeness (QED) is 0.0222. The number of carbonyl (C=O) groups is 4. The molecule has 19 heteroatoms. The third kappa shape index (κ3) is 59.0. The van der Waals surface area contributed by atoms with Gasteiger partial charge in [-0.25, -0.2) is 9.13 Å². The van der Waals surface area contributed by atoms with Gasteiger partial charge < -0.3 is 33.8 Å². The molecule has 0 aliphatic heterocycles. The van der Waals surface area contributed by atoms with Gasteiger partial charge in [0.05, 0.1) is 26.4 Å². The van der Waals surface area contributed by atoms with Crippen LogP contribution in [-0.4, -0.2) is 96.7 Å². The summed E-state index contributed by atoms with van der Waals surface area (Å²) in [6.45, 7) is 9.45. The Kier molecular flexibility index (Phi) is 56.2. The number of ether oxygens (including phenoxy) is 4. The van der Waals surface area contributed by atoms with Crippen LogP contribution in [0.2, 0.25) is 0 Å². The smallest absolute Gasteiger partial charge is 0.462 e. The summed E-state index contributed by atoms with van der Waals surface area (Å²) in [7, 11) is -9.88. The maximum Gasteiger partial charge on any atom is 0.472 e. The van der Waals surface area contributed by atoms with Crippen molar-refractivity contribution in [3.05, 3.63) is 0 Å². The first-order valence-electron chi connectivity index (χ1n) is 34.0. The number of phosphoric acid groups is 2. The van der Waals surface area contributed by atoms with Crippen molar-refractivity contribution in [1.29, 1.82) is 0 Å². The lowest BCUT2D eigenvalue weighted by molar-refractivity contribution is -0.161. The Hall–Kier alpha value is -1.94. The van der Waals surface area contributed by atoms with Crippen molar-refractivity contribution in [1.82, 2.24) is 0 Å². The van der Waals surface area contributed by atoms with E-state index < -0.39 is 97.5 Å². The van der Waals surface area contributed by atoms with Gasteiger partial charge in [-0.15, -0.1) is 0 Å². The lowest BCUT2D eigenvalue weighted by atomic mass is 10.0. The van der Waals surface area contributed by atoms with Crippen molar-refractivity contribution in [3.63, 3.8) is 0 Å². The van der Waals surface area contributed by atoms with E-state index in [1.54, 1.807) is 0 Å². The maximum absolute atomic E-state index is 13.0. The molecule has 84 heavy (non-hydrogen) atoms. The molecule has 5 atom stereocenters. The van der Waals surface area contributed by atoms with Crippen LogP contribution in [0.1, 0.15) is 324 Å². The molecule has 0 fully saturated rings. The molecular formula is C65H126O17P2. The van der Waals surface area contributed by atoms with Crippen molar-refractivity contribution < 1.29 is 80.2 Å². The third-order valence-electron chi connectivity index (χ3n) is 15.0. The number of hydrogen-bond acceptors (Lipinski definition) is 15. The average molecular weight is 1240 g/mol. The first-order chi connectivity index (χ1) is 40.4. The standard InChI is InChI=1S/C65H126O17P2/c1-7-9-11-13-15-22-31-37-43-49-64(69)81-60(53-75-62(67)47-41-35-27-14-12-10-8-2)55-79-83(71,72)77-51-59(66)52-78-84(73,74)80-56-61(54-76-63(68)48-42-36-30-26-21-24-29-34-40-46-58(5)6)82-65(70)50-44-38-32-25-20-18-16-17-19-23-28-33-39-45-57(3)4/h57-61,66H,7-56H2,1-6H3,(H,71,72)(H,73,74)/t59-,60+,61+/m0/s1. The topological polar surface area (TPSA) is 237 Å². The van der Waals surface area contributed by atoms with Crippen LogP contribution in [-0.2, 0) is 65.4 Å². The van der Waals surface area contributed by atoms with Crippen LogP contribution < -0.4 is 0 Å². The molecule has 0 saturated carbocycles. The molecular weight excluding hydrogens is 1110 g/mol. The van der Waals surface area contributed by atoms with E-state index in [4.69, 9.17) is 37.0 Å². The molecule has 0 saturated heterocycles. The van der Waals surface area contributed by atoms with Gasteiger partial charge in [0, 0.05) is 25.7 Å². The van der Waals surface area contributed by atoms with Crippen LogP contribution >= 0.6 is 15.6 Å². The fourth-order valence-electron chi connectivity index (χ4n) is 9.71. The summed E-state index contributed by atoms with van der Waals surface area (Å²) < 4.78 is 67.9. The van der Waals surface area contributed by atoms with Crippen molar-refractivity contribution in [2.75, 3.05) is 39.6 Å². The highest BCUT2D eigenvalue weighted by Crippen LogP contribution is 2.45. The van der Waals surface area contributed by atoms with Gasteiger partial charge in [-0.2, -0.15) is 0 Å². The molecule has 0 aliphatic carbocycles. The Morgan fingerprint density at radius 3 is 0.810 bits per heavy atom. The molecule has 0 aromatic rings. The van der Waals surface area contributed by atoms with Gasteiger partial charge >= 0.3 is 39.5 Å². The third-order valence-corrected chi connectivity index (χ3v) is 16.9. The van der Waals surface area contributed by atoms with E-state index in [0.29, 0.717) is 25.7 Å². The molecule has 0 spiro atoms. The summed E-state index contributed by atoms with van der Waals surface area (Å²) in [5.41, 5.74) is 0. The highest BCUT2D eigenvalue weighted by atomic mass is 31.2. The van der Waals surface area contributed by atoms with Crippen LogP contribution in [0.15, 0.2) is 0 Å². The second-order valence-electron chi connectivity index (χ2n) is 24.5. The van der Waals surface area contributed by atoms with E-state index in [9.17, 15) is 43.2 Å². The number of carbonyl (C=O) groups excluding carboxylic acids is 4. The largest absolute Gasteiger partial charge is 0.472 e. The molecule has 0 amide bonds. The minimum atomic E-state index is -4.95. The van der Waals surface area contributed by atoms with Crippen molar-refractivity contribution in [2.45, 2.75) is 342 Å². The maximum atomic E-state index is 13.0. The Labute approximate surface area is 511 Å². The normalized spacial score (nSPS) is 14.3. The minimum absolute atomic E-state index is 0.105. The SMILES string of the molecule is CCCCCCCCCCCC(=O)O[C@H](COC(=O)CCCCCCCCC)COP(=O)(O)OC[C@H](O)COP(=O)(O)OC[C@@H](COC(=O)CCCCCCCCCCCC(C)C)OC(=O)CCCCCCCCCCCCCCCC(C)C. The summed E-state index contributed by atoms with van der Waals surface area (Å²) in [6.07, 6.45) is 40.4. The van der Waals surface area contributed by atoms with E-state index >= 15 is 0 Å². The molecule has 498 valence electrons. The van der Waals surface area contributed by atoms with E-state index in [2.05, 4.69) is 41.5 Å². The van der Waals surface area contributed by atoms with E-state index in [1.165, 1.54) is 128 Å². The highest BCUT2D eigenvalue weighted by molar-refractivity contribution is 7.47. The highest BCUT2D eigenvalue weighted by Gasteiger charge is 2.30. The Bertz CT molecular complexity index is 1650. The zero-order valence-electron chi connectivity index (χ0n) is 54.2. The van der Waals surface area contributed by atoms with Gasteiger partial charge in [-0.05, 0) is 37.5 Å². The van der Waals surface area contributed by atoms with Crippen LogP contribution in [0.25, 0.3) is 0 Å². The molecule has 0 rings (SSSR count). The average Bonchev–Trinajstić information content (AvgIpc) is 3.55. The molecule has 0 heterocycles. The van der Waals surface area contributed by atoms with Gasteiger partial charge in [0.1, 0.15) is 19.3 Å². The predicted molar refractivity (Wildman–Crippen MR) is 335 cm³/mol. The first-order valence-corrected chi connectivity index (χ1v) is 37.0. The van der Waals surface area contributed by atoms with Gasteiger partial charge in [0.15, 0.2) is 12.2 Å². The molecule has 3 N–H and O–H groups in total. The van der Waals surface area contributed by atoms with Crippen molar-refractivity contribution in [3.8, 4) is 0 Å². The van der Waals surface area contributed by atoms with Crippen LogP contribution in [0.5, 0.6) is 0 Å². The summed E-state index contributed by atoms with van der Waals surface area (Å²) in [5.74, 6) is -0.607. The van der Waals surface area contributed by atoms with Crippen molar-refractivity contribution in [2.24, 2.45) is 11.8 Å². The monoisotopic (exact) mass is 1240 g/mol. The summed E-state index contributed by atoms with van der Waals surface area (Å²) >= 11 is 0. The number of aliphatic hydroxyl groups is 1. The number of unbranched alkanes of at least 4 members (excludes halogenated alkanes) is 34. The lowest BCUT2D eigenvalue weighted by Crippen LogP contribution is -2.30. The van der Waals surface area contributed by atoms with Gasteiger partial charge in [0.25, 0.3) is 0 Å². The molecule has 0 aromatic heterocycles. The summed E-state index contributed by atoms with van der Waals surface area (Å²) in [4.78, 5) is 72.1. The van der Waals surface area contributed by atoms with Gasteiger partial charge in [-0.1, -0.05) is 273 Å². The first kappa shape index (κ1) is 82.1. The lowest BCUT2D eigenvalue weighted by Gasteiger charge is -2.21. The fourth-order valence-corrected chi connectivity index (χ4v) is 11.3. The summed E-state index contributed by atoms with van der Waals surface area (Å²) in [5, 5.41) is 10.5. The second kappa shape index (κ2) is 57.5. The molecule has 0 bridgehead atoms. The van der Waals surface area contributed by atoms with Crippen LogP contribution in [0.3, 0.4) is 0 Å². The second-order valence-corrected chi connectivity index (χ2v) is 27.4. The number of phosphoric ester groups is 2. The molecule has 0 radical (unpaired) electrons. The van der Waals surface area contributed by atoms with Crippen LogP contribution in [0.4, 0.5) is 0 Å². The molecule has 0 aromatic carbocycles. The predicted octanol–water partition coefficient (Wildman–Crippen LogP) is 18.0. The van der Waals surface area contributed by atoms with E-state index in [1.807, 2.05) is 0 Å². The van der Waals surface area contributed by atoms with Gasteiger partial charge in [0.2, 0.25) is 0 Å². The molecule has 17 nitrogen and oxygen atoms in total. The number of aliphatic hydroxyl groups excluding tert-OH is 1. The number of esters is 4. The van der Waals surface area contributed by atoms with Gasteiger partial charge in [-0.3, -0.25) is 37.3 Å². The zero-order valence-corrected chi connectivity index (χ0v) is 56.0. The van der Waals surface area contributed by atoms with Crippen molar-refractivity contribution >= 4 is 39.5 Å². The van der Waals surface area contributed by atoms with E-state index in [0.717, 1.165) is 115 Å². The minimum Gasteiger partial charge on any atom is -0.462 e. The summed E-state index contributed by atoms with van der Waals surface area (Å²) in [6, 6.07) is 0. The number of rotatable bonds is 64. The Balaban J connectivity index is 5.20.